The highest BCUT2D eigenvalue weighted by Crippen LogP contribution is 2.27. The third-order valence-electron chi connectivity index (χ3n) is 4.23. The molecule has 1 aliphatic carbocycles. The Morgan fingerprint density at radius 3 is 2.48 bits per heavy atom. The molecule has 1 saturated carbocycles. The van der Waals surface area contributed by atoms with Gasteiger partial charge in [-0.25, -0.2) is 13.1 Å². The van der Waals surface area contributed by atoms with Crippen LogP contribution in [0.5, 0.6) is 0 Å². The molecule has 7 heteroatoms. The lowest BCUT2D eigenvalue weighted by Gasteiger charge is -2.24. The zero-order valence-corrected chi connectivity index (χ0v) is 16.3. The van der Waals surface area contributed by atoms with E-state index in [1.54, 1.807) is 12.1 Å². The summed E-state index contributed by atoms with van der Waals surface area (Å²) in [5.74, 6) is 0. The van der Waals surface area contributed by atoms with Crippen LogP contribution in [-0.2, 0) is 14.8 Å². The van der Waals surface area contributed by atoms with Crippen LogP contribution in [0, 0.1) is 0 Å². The van der Waals surface area contributed by atoms with Gasteiger partial charge in [0.2, 0.25) is 10.0 Å². The van der Waals surface area contributed by atoms with E-state index in [2.05, 4.69) is 10.0 Å². The monoisotopic (exact) mass is 369 g/mol. The lowest BCUT2D eigenvalue weighted by Crippen LogP contribution is -2.30. The Morgan fingerprint density at radius 2 is 1.88 bits per heavy atom. The topological polar surface area (TPSA) is 93.4 Å². The molecule has 0 aromatic heterocycles. The minimum Gasteiger partial charge on any atom is -0.397 e. The van der Waals surface area contributed by atoms with Crippen LogP contribution in [-0.4, -0.2) is 33.2 Å². The highest BCUT2D eigenvalue weighted by Gasteiger charge is 2.18. The zero-order valence-electron chi connectivity index (χ0n) is 15.5. The molecule has 0 saturated heterocycles. The fraction of sp³-hybridized carbons (Fsp3) is 0.667. The van der Waals surface area contributed by atoms with Crippen LogP contribution in [0.25, 0.3) is 0 Å². The van der Waals surface area contributed by atoms with Crippen LogP contribution in [0.3, 0.4) is 0 Å². The van der Waals surface area contributed by atoms with Crippen molar-refractivity contribution in [3.63, 3.8) is 0 Å². The molecule has 25 heavy (non-hydrogen) atoms. The molecule has 0 atom stereocenters. The van der Waals surface area contributed by atoms with Gasteiger partial charge in [0.15, 0.2) is 0 Å². The molecule has 6 nitrogen and oxygen atoms in total. The van der Waals surface area contributed by atoms with Crippen LogP contribution in [0.2, 0.25) is 0 Å². The molecule has 4 N–H and O–H groups in total. The van der Waals surface area contributed by atoms with Crippen molar-refractivity contribution >= 4 is 21.4 Å². The third kappa shape index (κ3) is 6.49. The normalized spacial score (nSPS) is 16.8. The molecular weight excluding hydrogens is 338 g/mol. The molecular formula is C18H31N3O3S. The number of rotatable bonds is 7. The predicted molar refractivity (Wildman–Crippen MR) is 102 cm³/mol. The van der Waals surface area contributed by atoms with Gasteiger partial charge in [-0.3, -0.25) is 0 Å². The van der Waals surface area contributed by atoms with E-state index in [4.69, 9.17) is 10.5 Å². The second-order valence-corrected chi connectivity index (χ2v) is 9.35. The molecule has 1 fully saturated rings. The lowest BCUT2D eigenvalue weighted by molar-refractivity contribution is 0.000790. The molecule has 0 aliphatic heterocycles. The molecule has 0 amide bonds. The summed E-state index contributed by atoms with van der Waals surface area (Å²) in [6, 6.07) is 5.28. The van der Waals surface area contributed by atoms with Gasteiger partial charge in [0.1, 0.15) is 0 Å². The Balaban J connectivity index is 1.95. The van der Waals surface area contributed by atoms with Gasteiger partial charge in [0, 0.05) is 12.6 Å². The van der Waals surface area contributed by atoms with Gasteiger partial charge in [0.05, 0.1) is 28.5 Å². The standard InChI is InChI=1S/C18H31N3O3S/c1-18(2,3)24-12-11-20-25(22,23)15-9-10-17(16(19)13-15)21-14-7-5-4-6-8-14/h9-10,13-14,20-21H,4-8,11-12,19H2,1-3H3. The van der Waals surface area contributed by atoms with E-state index in [0.717, 1.165) is 18.5 Å². The van der Waals surface area contributed by atoms with E-state index in [0.29, 0.717) is 18.3 Å². The van der Waals surface area contributed by atoms with Crippen LogP contribution in [0.4, 0.5) is 11.4 Å². The molecule has 1 aromatic rings. The first-order valence-electron chi connectivity index (χ1n) is 8.97. The smallest absolute Gasteiger partial charge is 0.240 e. The summed E-state index contributed by atoms with van der Waals surface area (Å²) in [4.78, 5) is 0.176. The minimum absolute atomic E-state index is 0.176. The number of hydrogen-bond donors (Lipinski definition) is 3. The van der Waals surface area contributed by atoms with E-state index < -0.39 is 10.0 Å². The molecule has 0 unspecified atom stereocenters. The van der Waals surface area contributed by atoms with Gasteiger partial charge in [-0.15, -0.1) is 0 Å². The van der Waals surface area contributed by atoms with Crippen molar-refractivity contribution in [2.75, 3.05) is 24.2 Å². The summed E-state index contributed by atoms with van der Waals surface area (Å²) in [6.07, 6.45) is 6.01. The van der Waals surface area contributed by atoms with Gasteiger partial charge < -0.3 is 15.8 Å². The highest BCUT2D eigenvalue weighted by molar-refractivity contribution is 7.89. The molecule has 2 rings (SSSR count). The molecule has 1 aliphatic rings. The van der Waals surface area contributed by atoms with E-state index in [1.807, 2.05) is 20.8 Å². The maximum atomic E-state index is 12.4. The summed E-state index contributed by atoms with van der Waals surface area (Å²) in [5.41, 5.74) is 7.04. The van der Waals surface area contributed by atoms with Gasteiger partial charge in [-0.1, -0.05) is 19.3 Å². The molecule has 0 bridgehead atoms. The average Bonchev–Trinajstić information content (AvgIpc) is 2.54. The van der Waals surface area contributed by atoms with Gasteiger partial charge >= 0.3 is 0 Å². The van der Waals surface area contributed by atoms with Crippen molar-refractivity contribution in [3.05, 3.63) is 18.2 Å². The van der Waals surface area contributed by atoms with E-state index in [9.17, 15) is 8.42 Å². The zero-order chi connectivity index (χ0) is 18.5. The second-order valence-electron chi connectivity index (χ2n) is 7.59. The number of benzene rings is 1. The number of hydrogen-bond acceptors (Lipinski definition) is 5. The summed E-state index contributed by atoms with van der Waals surface area (Å²) < 4.78 is 32.8. The predicted octanol–water partition coefficient (Wildman–Crippen LogP) is 3.11. The second kappa shape index (κ2) is 8.38. The van der Waals surface area contributed by atoms with E-state index in [-0.39, 0.29) is 17.0 Å². The number of ether oxygens (including phenoxy) is 1. The Hall–Kier alpha value is -1.31. The Morgan fingerprint density at radius 1 is 1.20 bits per heavy atom. The van der Waals surface area contributed by atoms with E-state index >= 15 is 0 Å². The van der Waals surface area contributed by atoms with Crippen molar-refractivity contribution in [1.29, 1.82) is 0 Å². The van der Waals surface area contributed by atoms with Gasteiger partial charge in [-0.05, 0) is 51.8 Å². The van der Waals surface area contributed by atoms with E-state index in [1.165, 1.54) is 25.3 Å². The first-order chi connectivity index (χ1) is 11.7. The van der Waals surface area contributed by atoms with Crippen LogP contribution in [0.1, 0.15) is 52.9 Å². The number of nitrogens with one attached hydrogen (secondary N) is 2. The first-order valence-corrected chi connectivity index (χ1v) is 10.5. The minimum atomic E-state index is -3.59. The molecule has 0 radical (unpaired) electrons. The fourth-order valence-electron chi connectivity index (χ4n) is 2.92. The van der Waals surface area contributed by atoms with Gasteiger partial charge in [0.25, 0.3) is 0 Å². The van der Waals surface area contributed by atoms with Crippen LogP contribution >= 0.6 is 0 Å². The lowest BCUT2D eigenvalue weighted by atomic mass is 9.95. The summed E-state index contributed by atoms with van der Waals surface area (Å²) in [6.45, 7) is 6.34. The Labute approximate surface area is 151 Å². The van der Waals surface area contributed by atoms with Crippen molar-refractivity contribution in [1.82, 2.24) is 4.72 Å². The van der Waals surface area contributed by atoms with Crippen LogP contribution < -0.4 is 15.8 Å². The fourth-order valence-corrected chi connectivity index (χ4v) is 3.97. The first kappa shape index (κ1) is 20.0. The quantitative estimate of drug-likeness (QED) is 0.507. The highest BCUT2D eigenvalue weighted by atomic mass is 32.2. The van der Waals surface area contributed by atoms with Crippen molar-refractivity contribution in [2.24, 2.45) is 0 Å². The van der Waals surface area contributed by atoms with Crippen molar-refractivity contribution in [2.45, 2.75) is 69.4 Å². The number of sulfonamides is 1. The molecule has 0 spiro atoms. The third-order valence-corrected chi connectivity index (χ3v) is 5.69. The molecule has 142 valence electrons. The Kier molecular flexibility index (Phi) is 6.71. The summed E-state index contributed by atoms with van der Waals surface area (Å²) in [7, 11) is -3.59. The van der Waals surface area contributed by atoms with Crippen LogP contribution in [0.15, 0.2) is 23.1 Å². The largest absolute Gasteiger partial charge is 0.397 e. The summed E-state index contributed by atoms with van der Waals surface area (Å²) in [5, 5.41) is 3.44. The summed E-state index contributed by atoms with van der Waals surface area (Å²) >= 11 is 0. The maximum Gasteiger partial charge on any atom is 0.240 e. The molecule has 0 heterocycles. The SMILES string of the molecule is CC(C)(C)OCCNS(=O)(=O)c1ccc(NC2CCCCC2)c(N)c1. The number of nitrogens with two attached hydrogens (primary N) is 1. The average molecular weight is 370 g/mol. The Bertz CT molecular complexity index is 663. The van der Waals surface area contributed by atoms with Crippen molar-refractivity contribution in [3.8, 4) is 0 Å². The van der Waals surface area contributed by atoms with Crippen molar-refractivity contribution < 1.29 is 13.2 Å². The number of anilines is 2. The maximum absolute atomic E-state index is 12.4. The van der Waals surface area contributed by atoms with Gasteiger partial charge in [-0.2, -0.15) is 0 Å². The number of nitrogen functional groups attached to an aromatic ring is 1. The molecule has 1 aromatic carbocycles.